The maximum atomic E-state index is 12.5. The average Bonchev–Trinajstić information content (AvgIpc) is 2.82. The molecule has 0 radical (unpaired) electrons. The van der Waals surface area contributed by atoms with Gasteiger partial charge >= 0.3 is 0 Å². The summed E-state index contributed by atoms with van der Waals surface area (Å²) in [5.41, 5.74) is -1.92. The summed E-state index contributed by atoms with van der Waals surface area (Å²) in [6.07, 6.45) is 3.33. The molecule has 3 fully saturated rings. The summed E-state index contributed by atoms with van der Waals surface area (Å²) in [6.45, 7) is 3.98. The Morgan fingerprint density at radius 2 is 2.00 bits per heavy atom. The largest absolute Gasteiger partial charge is 0.393 e. The molecule has 0 aromatic rings. The highest BCUT2D eigenvalue weighted by Gasteiger charge is 2.71. The standard InChI is InChI=1S/C21H29ClO5/c1-19-6-5-12(23)7-11(19)3-4-13-14-8-16(25)21(27,17(26)10-22)20(14,2)9-15(24)18(13)19/h7,13-16,18,24-25,27H,3-6,8-10H2,1-2H3/t13-,14-,15-,16+,18+,19-,20-,21-/m0/s1. The number of ketones is 2. The lowest BCUT2D eigenvalue weighted by Crippen LogP contribution is -2.63. The highest BCUT2D eigenvalue weighted by Crippen LogP contribution is 2.67. The quantitative estimate of drug-likeness (QED) is 0.620. The molecule has 4 aliphatic carbocycles. The molecule has 4 aliphatic rings. The molecule has 27 heavy (non-hydrogen) atoms. The number of alkyl halides is 1. The second-order valence-electron chi connectivity index (χ2n) is 9.65. The Labute approximate surface area is 164 Å². The summed E-state index contributed by atoms with van der Waals surface area (Å²) in [4.78, 5) is 24.4. The lowest BCUT2D eigenvalue weighted by Gasteiger charge is -2.60. The van der Waals surface area contributed by atoms with E-state index < -0.39 is 29.0 Å². The van der Waals surface area contributed by atoms with Crippen molar-refractivity contribution in [1.82, 2.24) is 0 Å². The van der Waals surface area contributed by atoms with E-state index in [9.17, 15) is 24.9 Å². The van der Waals surface area contributed by atoms with Gasteiger partial charge in [0.25, 0.3) is 0 Å². The maximum Gasteiger partial charge on any atom is 0.182 e. The zero-order chi connectivity index (χ0) is 19.8. The number of Topliss-reactive ketones (excluding diaryl/α,β-unsaturated/α-hetero) is 1. The Kier molecular flexibility index (Phi) is 4.44. The van der Waals surface area contributed by atoms with Crippen molar-refractivity contribution in [2.24, 2.45) is 28.6 Å². The molecule has 0 heterocycles. The van der Waals surface area contributed by atoms with Gasteiger partial charge in [-0.05, 0) is 61.3 Å². The van der Waals surface area contributed by atoms with Crippen LogP contribution >= 0.6 is 11.6 Å². The van der Waals surface area contributed by atoms with E-state index in [0.717, 1.165) is 24.8 Å². The first-order valence-electron chi connectivity index (χ1n) is 10.0. The average molecular weight is 397 g/mol. The van der Waals surface area contributed by atoms with Gasteiger partial charge in [-0.15, -0.1) is 11.6 Å². The predicted octanol–water partition coefficient (Wildman–Crippen LogP) is 2.00. The van der Waals surface area contributed by atoms with E-state index in [1.807, 2.05) is 6.92 Å². The Bertz CT molecular complexity index is 719. The summed E-state index contributed by atoms with van der Waals surface area (Å²) in [5.74, 6) is -0.737. The number of rotatable bonds is 2. The molecule has 8 atom stereocenters. The molecule has 6 heteroatoms. The van der Waals surface area contributed by atoms with Crippen LogP contribution in [-0.2, 0) is 9.59 Å². The third kappa shape index (κ3) is 2.35. The van der Waals surface area contributed by atoms with E-state index in [2.05, 4.69) is 6.92 Å². The zero-order valence-electron chi connectivity index (χ0n) is 15.9. The van der Waals surface area contributed by atoms with Crippen LogP contribution < -0.4 is 0 Å². The van der Waals surface area contributed by atoms with Crippen LogP contribution in [0.3, 0.4) is 0 Å². The fourth-order valence-corrected chi connectivity index (χ4v) is 7.51. The molecular weight excluding hydrogens is 368 g/mol. The minimum absolute atomic E-state index is 0.0238. The molecule has 0 aromatic carbocycles. The second-order valence-corrected chi connectivity index (χ2v) is 9.92. The lowest BCUT2D eigenvalue weighted by molar-refractivity contribution is -0.189. The maximum absolute atomic E-state index is 12.5. The van der Waals surface area contributed by atoms with E-state index in [4.69, 9.17) is 11.6 Å². The minimum Gasteiger partial charge on any atom is -0.393 e. The van der Waals surface area contributed by atoms with Crippen molar-refractivity contribution in [1.29, 1.82) is 0 Å². The number of hydrogen-bond donors (Lipinski definition) is 3. The van der Waals surface area contributed by atoms with Crippen LogP contribution in [0, 0.1) is 28.6 Å². The molecule has 3 saturated carbocycles. The van der Waals surface area contributed by atoms with Gasteiger partial charge in [-0.25, -0.2) is 0 Å². The van der Waals surface area contributed by atoms with Gasteiger partial charge in [0.2, 0.25) is 0 Å². The first-order valence-corrected chi connectivity index (χ1v) is 10.5. The molecular formula is C21H29ClO5. The number of aliphatic hydroxyl groups is 3. The van der Waals surface area contributed by atoms with Crippen LogP contribution in [0.5, 0.6) is 0 Å². The smallest absolute Gasteiger partial charge is 0.182 e. The van der Waals surface area contributed by atoms with Crippen molar-refractivity contribution in [3.63, 3.8) is 0 Å². The van der Waals surface area contributed by atoms with Gasteiger partial charge in [0.05, 0.1) is 18.1 Å². The summed E-state index contributed by atoms with van der Waals surface area (Å²) < 4.78 is 0. The van der Waals surface area contributed by atoms with Crippen molar-refractivity contribution < 1.29 is 24.9 Å². The van der Waals surface area contributed by atoms with E-state index in [1.165, 1.54) is 0 Å². The molecule has 0 bridgehead atoms. The van der Waals surface area contributed by atoms with Crippen LogP contribution in [0.25, 0.3) is 0 Å². The van der Waals surface area contributed by atoms with Crippen LogP contribution in [0.2, 0.25) is 0 Å². The van der Waals surface area contributed by atoms with Crippen molar-refractivity contribution in [2.75, 3.05) is 5.88 Å². The summed E-state index contributed by atoms with van der Waals surface area (Å²) in [5, 5.41) is 33.2. The fraction of sp³-hybridized carbons (Fsp3) is 0.810. The molecule has 0 amide bonds. The molecule has 150 valence electrons. The second kappa shape index (κ2) is 6.12. The van der Waals surface area contributed by atoms with Crippen molar-refractivity contribution in [3.05, 3.63) is 11.6 Å². The number of carbonyl (C=O) groups excluding carboxylic acids is 2. The Morgan fingerprint density at radius 3 is 2.67 bits per heavy atom. The third-order valence-corrected chi connectivity index (χ3v) is 8.91. The van der Waals surface area contributed by atoms with Crippen LogP contribution in [-0.4, -0.2) is 50.6 Å². The van der Waals surface area contributed by atoms with Gasteiger partial charge < -0.3 is 15.3 Å². The number of aliphatic hydroxyl groups excluding tert-OH is 2. The van der Waals surface area contributed by atoms with E-state index in [-0.39, 0.29) is 41.3 Å². The topological polar surface area (TPSA) is 94.8 Å². The number of carbonyl (C=O) groups is 2. The van der Waals surface area contributed by atoms with E-state index in [0.29, 0.717) is 12.8 Å². The van der Waals surface area contributed by atoms with Gasteiger partial charge in [-0.1, -0.05) is 19.4 Å². The first kappa shape index (κ1) is 19.6. The normalized spacial score (nSPS) is 51.9. The number of hydrogen-bond acceptors (Lipinski definition) is 5. The van der Waals surface area contributed by atoms with Crippen molar-refractivity contribution in [2.45, 2.75) is 70.2 Å². The van der Waals surface area contributed by atoms with Crippen molar-refractivity contribution >= 4 is 23.2 Å². The molecule has 5 nitrogen and oxygen atoms in total. The number of fused-ring (bicyclic) bond motifs is 5. The highest BCUT2D eigenvalue weighted by atomic mass is 35.5. The molecule has 3 N–H and O–H groups in total. The molecule has 0 aliphatic heterocycles. The van der Waals surface area contributed by atoms with Gasteiger partial charge in [0.15, 0.2) is 17.2 Å². The van der Waals surface area contributed by atoms with Gasteiger partial charge in [0.1, 0.15) is 0 Å². The number of halogens is 1. The van der Waals surface area contributed by atoms with Crippen LogP contribution in [0.1, 0.15) is 52.4 Å². The molecule has 0 unspecified atom stereocenters. The predicted molar refractivity (Wildman–Crippen MR) is 100 cm³/mol. The Balaban J connectivity index is 1.77. The Hall–Kier alpha value is -0.750. The van der Waals surface area contributed by atoms with E-state index >= 15 is 0 Å². The SMILES string of the molecule is C[C@]12CCC(=O)C=C1CC[C@@H]1[C@@H]2[C@@H](O)C[C@@]2(C)[C@H]1C[C@@H](O)[C@]2(O)C(=O)CCl. The van der Waals surface area contributed by atoms with Crippen LogP contribution in [0.15, 0.2) is 11.6 Å². The summed E-state index contributed by atoms with van der Waals surface area (Å²) in [7, 11) is 0. The molecule has 0 spiro atoms. The minimum atomic E-state index is -1.91. The lowest BCUT2D eigenvalue weighted by atomic mass is 9.45. The molecule has 0 saturated heterocycles. The highest BCUT2D eigenvalue weighted by molar-refractivity contribution is 6.29. The summed E-state index contributed by atoms with van der Waals surface area (Å²) >= 11 is 5.76. The van der Waals surface area contributed by atoms with Crippen molar-refractivity contribution in [3.8, 4) is 0 Å². The van der Waals surface area contributed by atoms with Gasteiger partial charge in [-0.3, -0.25) is 9.59 Å². The van der Waals surface area contributed by atoms with Crippen LogP contribution in [0.4, 0.5) is 0 Å². The monoisotopic (exact) mass is 396 g/mol. The Morgan fingerprint density at radius 1 is 1.30 bits per heavy atom. The molecule has 4 rings (SSSR count). The summed E-state index contributed by atoms with van der Waals surface area (Å²) in [6, 6.07) is 0. The first-order chi connectivity index (χ1) is 12.6. The van der Waals surface area contributed by atoms with E-state index in [1.54, 1.807) is 6.08 Å². The van der Waals surface area contributed by atoms with Gasteiger partial charge in [-0.2, -0.15) is 0 Å². The zero-order valence-corrected chi connectivity index (χ0v) is 16.7. The third-order valence-electron chi connectivity index (χ3n) is 8.66. The fourth-order valence-electron chi connectivity index (χ4n) is 7.31. The van der Waals surface area contributed by atoms with Gasteiger partial charge in [0, 0.05) is 11.8 Å². The number of allylic oxidation sites excluding steroid dienone is 1. The molecule has 0 aromatic heterocycles.